The molecule has 2 aromatic rings. The SMILES string of the molecule is N#[N+]c1ccc2cc(Br)ccc2c1. The number of benzene rings is 2. The highest BCUT2D eigenvalue weighted by Gasteiger charge is 2.04. The molecule has 2 aromatic carbocycles. The van der Waals surface area contributed by atoms with Gasteiger partial charge >= 0.3 is 5.69 Å². The van der Waals surface area contributed by atoms with Crippen LogP contribution in [0, 0.1) is 5.39 Å². The van der Waals surface area contributed by atoms with E-state index in [0.717, 1.165) is 15.2 Å². The first-order chi connectivity index (χ1) is 6.29. The second kappa shape index (κ2) is 3.15. The number of hydrogen-bond acceptors (Lipinski definition) is 1. The highest BCUT2D eigenvalue weighted by molar-refractivity contribution is 9.10. The van der Waals surface area contributed by atoms with Crippen LogP contribution in [0.1, 0.15) is 0 Å². The summed E-state index contributed by atoms with van der Waals surface area (Å²) in [5, 5.41) is 10.8. The van der Waals surface area contributed by atoms with Gasteiger partial charge in [-0.2, -0.15) is 0 Å². The lowest BCUT2D eigenvalue weighted by Crippen LogP contribution is -1.71. The predicted molar refractivity (Wildman–Crippen MR) is 56.4 cm³/mol. The van der Waals surface area contributed by atoms with Gasteiger partial charge in [-0.1, -0.05) is 22.0 Å². The Morgan fingerprint density at radius 1 is 1.00 bits per heavy atom. The molecule has 0 aromatic heterocycles. The summed E-state index contributed by atoms with van der Waals surface area (Å²) in [6.07, 6.45) is 0. The molecule has 13 heavy (non-hydrogen) atoms. The van der Waals surface area contributed by atoms with Crippen LogP contribution < -0.4 is 0 Å². The van der Waals surface area contributed by atoms with Gasteiger partial charge < -0.3 is 0 Å². The summed E-state index contributed by atoms with van der Waals surface area (Å²) in [6, 6.07) is 11.5. The quantitative estimate of drug-likeness (QED) is 0.631. The fourth-order valence-corrected chi connectivity index (χ4v) is 1.64. The lowest BCUT2D eigenvalue weighted by molar-refractivity contribution is 1.47. The Balaban J connectivity index is 2.75. The minimum Gasteiger partial charge on any atom is -0.0530 e. The molecule has 62 valence electrons. The van der Waals surface area contributed by atoms with E-state index in [9.17, 15) is 0 Å². The molecule has 3 heteroatoms. The molecule has 0 aliphatic carbocycles. The number of hydrogen-bond donors (Lipinski definition) is 0. The number of diazo groups is 1. The summed E-state index contributed by atoms with van der Waals surface area (Å²) in [5.41, 5.74) is 0.579. The molecule has 0 aliphatic rings. The van der Waals surface area contributed by atoms with Crippen LogP contribution >= 0.6 is 15.9 Å². The van der Waals surface area contributed by atoms with Crippen LogP contribution in [0.15, 0.2) is 40.9 Å². The molecule has 0 heterocycles. The Labute approximate surface area is 83.9 Å². The van der Waals surface area contributed by atoms with Gasteiger partial charge in [0.2, 0.25) is 5.39 Å². The first-order valence-corrected chi connectivity index (χ1v) is 4.63. The van der Waals surface area contributed by atoms with Gasteiger partial charge in [0.15, 0.2) is 4.98 Å². The Kier molecular flexibility index (Phi) is 1.99. The third-order valence-electron chi connectivity index (χ3n) is 1.90. The number of nitrogens with zero attached hydrogens (tertiary/aromatic N) is 2. The normalized spacial score (nSPS) is 9.85. The van der Waals surface area contributed by atoms with Crippen molar-refractivity contribution in [3.05, 3.63) is 45.8 Å². The van der Waals surface area contributed by atoms with Crippen molar-refractivity contribution < 1.29 is 0 Å². The van der Waals surface area contributed by atoms with Gasteiger partial charge in [-0.05, 0) is 29.0 Å². The lowest BCUT2D eigenvalue weighted by Gasteiger charge is -1.94. The van der Waals surface area contributed by atoms with Crippen LogP contribution in [0.3, 0.4) is 0 Å². The molecular formula is C10H6BrN2+. The molecule has 0 fully saturated rings. The first kappa shape index (κ1) is 8.21. The van der Waals surface area contributed by atoms with Crippen molar-refractivity contribution in [2.75, 3.05) is 0 Å². The standard InChI is InChI=1S/C10H6BrN2/c11-9-3-1-8-6-10(13-12)4-2-7(8)5-9/h1-6H/q+1. The molecule has 2 nitrogen and oxygen atoms in total. The van der Waals surface area contributed by atoms with E-state index in [-0.39, 0.29) is 0 Å². The summed E-state index contributed by atoms with van der Waals surface area (Å²) < 4.78 is 1.05. The average Bonchev–Trinajstić information content (AvgIpc) is 2.17. The van der Waals surface area contributed by atoms with Crippen LogP contribution in [-0.2, 0) is 0 Å². The second-order valence-electron chi connectivity index (χ2n) is 2.78. The molecular weight excluding hydrogens is 228 g/mol. The third kappa shape index (κ3) is 1.53. The third-order valence-corrected chi connectivity index (χ3v) is 2.39. The van der Waals surface area contributed by atoms with E-state index in [1.165, 1.54) is 0 Å². The summed E-state index contributed by atoms with van der Waals surface area (Å²) in [4.78, 5) is 3.13. The highest BCUT2D eigenvalue weighted by atomic mass is 79.9. The maximum absolute atomic E-state index is 8.57. The summed E-state index contributed by atoms with van der Waals surface area (Å²) >= 11 is 3.40. The molecule has 0 radical (unpaired) electrons. The molecule has 0 saturated heterocycles. The predicted octanol–water partition coefficient (Wildman–Crippen LogP) is 4.09. The maximum atomic E-state index is 8.57. The van der Waals surface area contributed by atoms with Gasteiger partial charge in [0.25, 0.3) is 0 Å². The zero-order valence-corrected chi connectivity index (χ0v) is 8.32. The van der Waals surface area contributed by atoms with Crippen molar-refractivity contribution in [3.8, 4) is 0 Å². The van der Waals surface area contributed by atoms with Crippen molar-refractivity contribution in [1.29, 1.82) is 5.39 Å². The van der Waals surface area contributed by atoms with Gasteiger partial charge in [0.05, 0.1) is 0 Å². The van der Waals surface area contributed by atoms with Crippen molar-refractivity contribution in [2.45, 2.75) is 0 Å². The van der Waals surface area contributed by atoms with Crippen molar-refractivity contribution >= 4 is 32.4 Å². The van der Waals surface area contributed by atoms with Gasteiger partial charge in [-0.3, -0.25) is 0 Å². The van der Waals surface area contributed by atoms with E-state index in [1.807, 2.05) is 30.3 Å². The van der Waals surface area contributed by atoms with Crippen molar-refractivity contribution in [3.63, 3.8) is 0 Å². The molecule has 0 aliphatic heterocycles. The van der Waals surface area contributed by atoms with Crippen molar-refractivity contribution in [1.82, 2.24) is 0 Å². The van der Waals surface area contributed by atoms with Gasteiger partial charge in [-0.25, -0.2) is 0 Å². The number of halogens is 1. The molecule has 0 saturated carbocycles. The summed E-state index contributed by atoms with van der Waals surface area (Å²) in [7, 11) is 0. The Morgan fingerprint density at radius 2 is 1.69 bits per heavy atom. The molecule has 0 atom stereocenters. The molecule has 0 spiro atoms. The van der Waals surface area contributed by atoms with E-state index in [0.29, 0.717) is 5.69 Å². The zero-order valence-electron chi connectivity index (χ0n) is 6.74. The largest absolute Gasteiger partial charge is 0.385 e. The minimum atomic E-state index is 0.579. The van der Waals surface area contributed by atoms with Crippen LogP contribution in [0.5, 0.6) is 0 Å². The smallest absolute Gasteiger partial charge is 0.0530 e. The zero-order chi connectivity index (χ0) is 9.26. The number of rotatable bonds is 0. The maximum Gasteiger partial charge on any atom is 0.385 e. The molecule has 2 rings (SSSR count). The van der Waals surface area contributed by atoms with Crippen LogP contribution in [-0.4, -0.2) is 0 Å². The molecule has 0 N–H and O–H groups in total. The Hall–Kier alpha value is -1.40. The van der Waals surface area contributed by atoms with E-state index < -0.39 is 0 Å². The monoisotopic (exact) mass is 233 g/mol. The van der Waals surface area contributed by atoms with Crippen LogP contribution in [0.25, 0.3) is 15.7 Å². The second-order valence-corrected chi connectivity index (χ2v) is 3.69. The summed E-state index contributed by atoms with van der Waals surface area (Å²) in [5.74, 6) is 0. The fourth-order valence-electron chi connectivity index (χ4n) is 1.27. The Bertz CT molecular complexity index is 500. The number of fused-ring (bicyclic) bond motifs is 1. The van der Waals surface area contributed by atoms with Gasteiger partial charge in [-0.15, -0.1) is 0 Å². The topological polar surface area (TPSA) is 28.1 Å². The lowest BCUT2D eigenvalue weighted by atomic mass is 10.1. The van der Waals surface area contributed by atoms with Crippen LogP contribution in [0.4, 0.5) is 5.69 Å². The molecule has 0 amide bonds. The molecule has 0 bridgehead atoms. The van der Waals surface area contributed by atoms with Gasteiger partial charge in [0, 0.05) is 16.6 Å². The summed E-state index contributed by atoms with van der Waals surface area (Å²) in [6.45, 7) is 0. The average molecular weight is 234 g/mol. The van der Waals surface area contributed by atoms with Crippen LogP contribution in [0.2, 0.25) is 0 Å². The minimum absolute atomic E-state index is 0.579. The van der Waals surface area contributed by atoms with E-state index in [1.54, 1.807) is 6.07 Å². The van der Waals surface area contributed by atoms with E-state index in [2.05, 4.69) is 20.9 Å². The highest BCUT2D eigenvalue weighted by Crippen LogP contribution is 2.23. The van der Waals surface area contributed by atoms with E-state index in [4.69, 9.17) is 5.39 Å². The molecule has 0 unspecified atom stereocenters. The van der Waals surface area contributed by atoms with E-state index >= 15 is 0 Å². The fraction of sp³-hybridized carbons (Fsp3) is 0. The van der Waals surface area contributed by atoms with Gasteiger partial charge in [0.1, 0.15) is 0 Å². The Morgan fingerprint density at radius 3 is 2.46 bits per heavy atom. The van der Waals surface area contributed by atoms with Crippen molar-refractivity contribution in [2.24, 2.45) is 0 Å². The first-order valence-electron chi connectivity index (χ1n) is 3.84.